The second-order valence-corrected chi connectivity index (χ2v) is 9.52. The zero-order valence-electron chi connectivity index (χ0n) is 15.0. The minimum Gasteiger partial charge on any atom is -0.236 e. The van der Waals surface area contributed by atoms with E-state index in [0.717, 1.165) is 28.5 Å². The number of benzene rings is 2. The van der Waals surface area contributed by atoms with Crippen molar-refractivity contribution < 1.29 is 8.42 Å². The van der Waals surface area contributed by atoms with Gasteiger partial charge in [-0.2, -0.15) is 13.1 Å². The topological polar surface area (TPSA) is 88.9 Å². The fraction of sp³-hybridized carbons (Fsp3) is 0.158. The Bertz CT molecular complexity index is 1320. The van der Waals surface area contributed by atoms with Crippen LogP contribution in [0.4, 0.5) is 0 Å². The summed E-state index contributed by atoms with van der Waals surface area (Å²) >= 11 is 6.95. The molecular formula is C19H14ClN5O2S2. The van der Waals surface area contributed by atoms with Crippen LogP contribution in [0.15, 0.2) is 53.6 Å². The molecule has 0 atom stereocenters. The van der Waals surface area contributed by atoms with Gasteiger partial charge in [0.1, 0.15) is 15.9 Å². The first-order valence-electron chi connectivity index (χ1n) is 8.84. The van der Waals surface area contributed by atoms with E-state index in [1.165, 1.54) is 4.31 Å². The van der Waals surface area contributed by atoms with Gasteiger partial charge in [-0.3, -0.25) is 0 Å². The van der Waals surface area contributed by atoms with Gasteiger partial charge < -0.3 is 0 Å². The first kappa shape index (κ1) is 18.6. The third-order valence-electron chi connectivity index (χ3n) is 4.87. The largest absolute Gasteiger partial charge is 0.245 e. The third-order valence-corrected chi connectivity index (χ3v) is 7.54. The van der Waals surface area contributed by atoms with E-state index in [2.05, 4.69) is 18.7 Å². The molecule has 7 nitrogen and oxygen atoms in total. The standard InChI is InChI=1S/C19H14ClN5O2S2/c20-14-6-4-12(5-7-14)19-21-10-13-11-25(9-8-15(13)22-19)29(26,27)17-3-1-2-16-18(17)24-28-23-16/h1-7,10H,8-9,11H2. The minimum absolute atomic E-state index is 0.186. The summed E-state index contributed by atoms with van der Waals surface area (Å²) in [5, 5.41) is 0.651. The highest BCUT2D eigenvalue weighted by Gasteiger charge is 2.31. The highest BCUT2D eigenvalue weighted by molar-refractivity contribution is 7.89. The van der Waals surface area contributed by atoms with Crippen molar-refractivity contribution in [2.24, 2.45) is 0 Å². The van der Waals surface area contributed by atoms with E-state index in [0.29, 0.717) is 34.8 Å². The lowest BCUT2D eigenvalue weighted by molar-refractivity contribution is 0.387. The Hall–Kier alpha value is -2.46. The maximum absolute atomic E-state index is 13.2. The van der Waals surface area contributed by atoms with Crippen molar-refractivity contribution in [2.45, 2.75) is 17.9 Å². The summed E-state index contributed by atoms with van der Waals surface area (Å²) in [5.74, 6) is 0.607. The number of sulfonamides is 1. The molecule has 0 saturated heterocycles. The Kier molecular flexibility index (Phi) is 4.54. The molecular weight excluding hydrogens is 430 g/mol. The maximum atomic E-state index is 13.2. The van der Waals surface area contributed by atoms with Gasteiger partial charge in [0.25, 0.3) is 0 Å². The average molecular weight is 444 g/mol. The zero-order valence-corrected chi connectivity index (χ0v) is 17.4. The molecule has 0 amide bonds. The average Bonchev–Trinajstić information content (AvgIpc) is 3.22. The van der Waals surface area contributed by atoms with Gasteiger partial charge in [-0.05, 0) is 36.4 Å². The van der Waals surface area contributed by atoms with Crippen molar-refractivity contribution >= 4 is 44.4 Å². The Balaban J connectivity index is 1.46. The molecule has 3 heterocycles. The van der Waals surface area contributed by atoms with Crippen LogP contribution in [0.3, 0.4) is 0 Å². The van der Waals surface area contributed by atoms with Crippen molar-refractivity contribution in [1.29, 1.82) is 0 Å². The van der Waals surface area contributed by atoms with Gasteiger partial charge in [0.2, 0.25) is 10.0 Å². The van der Waals surface area contributed by atoms with E-state index < -0.39 is 10.0 Å². The number of halogens is 1. The lowest BCUT2D eigenvalue weighted by Crippen LogP contribution is -2.36. The van der Waals surface area contributed by atoms with E-state index in [9.17, 15) is 8.42 Å². The number of aromatic nitrogens is 4. The lowest BCUT2D eigenvalue weighted by atomic mass is 10.1. The summed E-state index contributed by atoms with van der Waals surface area (Å²) < 4.78 is 36.2. The molecule has 4 aromatic rings. The molecule has 2 aromatic heterocycles. The Labute approximate surface area is 176 Å². The number of hydrogen-bond donors (Lipinski definition) is 0. The van der Waals surface area contributed by atoms with Crippen LogP contribution in [0, 0.1) is 0 Å². The second-order valence-electron chi connectivity index (χ2n) is 6.65. The number of nitrogens with zero attached hydrogens (tertiary/aromatic N) is 5. The molecule has 0 spiro atoms. The number of rotatable bonds is 3. The predicted molar refractivity (Wildman–Crippen MR) is 111 cm³/mol. The molecule has 1 aliphatic heterocycles. The molecule has 0 saturated carbocycles. The number of fused-ring (bicyclic) bond motifs is 2. The monoisotopic (exact) mass is 443 g/mol. The van der Waals surface area contributed by atoms with Crippen LogP contribution in [-0.4, -0.2) is 38.0 Å². The second kappa shape index (κ2) is 7.10. The van der Waals surface area contributed by atoms with Gasteiger partial charge in [-0.25, -0.2) is 18.4 Å². The van der Waals surface area contributed by atoms with Crippen molar-refractivity contribution in [3.05, 3.63) is 64.9 Å². The van der Waals surface area contributed by atoms with Gasteiger partial charge in [0, 0.05) is 41.9 Å². The SMILES string of the molecule is O=S(=O)(c1cccc2nsnc12)N1CCc2nc(-c3ccc(Cl)cc3)ncc2C1. The van der Waals surface area contributed by atoms with Crippen LogP contribution in [0.25, 0.3) is 22.4 Å². The van der Waals surface area contributed by atoms with Gasteiger partial charge >= 0.3 is 0 Å². The molecule has 146 valence electrons. The molecule has 29 heavy (non-hydrogen) atoms. The van der Waals surface area contributed by atoms with Crippen LogP contribution >= 0.6 is 23.3 Å². The van der Waals surface area contributed by atoms with Crippen molar-refractivity contribution in [3.63, 3.8) is 0 Å². The van der Waals surface area contributed by atoms with E-state index in [4.69, 9.17) is 11.6 Å². The van der Waals surface area contributed by atoms with Crippen LogP contribution in [0.2, 0.25) is 5.02 Å². The molecule has 5 rings (SSSR count). The van der Waals surface area contributed by atoms with Crippen molar-refractivity contribution in [2.75, 3.05) is 6.54 Å². The van der Waals surface area contributed by atoms with E-state index in [1.54, 1.807) is 36.5 Å². The first-order chi connectivity index (χ1) is 14.0. The summed E-state index contributed by atoms with van der Waals surface area (Å²) in [6, 6.07) is 12.3. The normalized spacial score (nSPS) is 14.8. The maximum Gasteiger partial charge on any atom is 0.245 e. The molecule has 0 unspecified atom stereocenters. The molecule has 0 bridgehead atoms. The fourth-order valence-electron chi connectivity index (χ4n) is 3.36. The molecule has 0 fully saturated rings. The highest BCUT2D eigenvalue weighted by atomic mass is 35.5. The quantitative estimate of drug-likeness (QED) is 0.481. The molecule has 10 heteroatoms. The molecule has 0 aliphatic carbocycles. The zero-order chi connectivity index (χ0) is 20.0. The first-order valence-corrected chi connectivity index (χ1v) is 11.4. The molecule has 1 aliphatic rings. The molecule has 0 radical (unpaired) electrons. The predicted octanol–water partition coefficient (Wildman–Crippen LogP) is 3.55. The van der Waals surface area contributed by atoms with Gasteiger partial charge in [-0.1, -0.05) is 17.7 Å². The summed E-state index contributed by atoms with van der Waals surface area (Å²) in [7, 11) is -3.70. The summed E-state index contributed by atoms with van der Waals surface area (Å²) in [5.41, 5.74) is 3.54. The third kappa shape index (κ3) is 3.29. The van der Waals surface area contributed by atoms with E-state index in [1.807, 2.05) is 12.1 Å². The molecule has 2 aromatic carbocycles. The highest BCUT2D eigenvalue weighted by Crippen LogP contribution is 2.29. The van der Waals surface area contributed by atoms with Crippen LogP contribution in [-0.2, 0) is 23.0 Å². The van der Waals surface area contributed by atoms with Crippen LogP contribution in [0.1, 0.15) is 11.3 Å². The Morgan fingerprint density at radius 3 is 2.72 bits per heavy atom. The van der Waals surface area contributed by atoms with Gasteiger partial charge in [0.05, 0.1) is 17.4 Å². The Morgan fingerprint density at radius 2 is 1.90 bits per heavy atom. The summed E-state index contributed by atoms with van der Waals surface area (Å²) in [6.45, 7) is 0.576. The minimum atomic E-state index is -3.70. The van der Waals surface area contributed by atoms with E-state index in [-0.39, 0.29) is 11.4 Å². The van der Waals surface area contributed by atoms with E-state index >= 15 is 0 Å². The molecule has 0 N–H and O–H groups in total. The summed E-state index contributed by atoms with van der Waals surface area (Å²) in [4.78, 5) is 9.26. The van der Waals surface area contributed by atoms with Gasteiger partial charge in [0.15, 0.2) is 5.82 Å². The van der Waals surface area contributed by atoms with Crippen molar-refractivity contribution in [1.82, 2.24) is 23.0 Å². The lowest BCUT2D eigenvalue weighted by Gasteiger charge is -2.27. The number of hydrogen-bond acceptors (Lipinski definition) is 7. The summed E-state index contributed by atoms with van der Waals surface area (Å²) in [6.07, 6.45) is 2.22. The smallest absolute Gasteiger partial charge is 0.236 e. The fourth-order valence-corrected chi connectivity index (χ4v) is 5.66. The van der Waals surface area contributed by atoms with Gasteiger partial charge in [-0.15, -0.1) is 0 Å². The Morgan fingerprint density at radius 1 is 1.07 bits per heavy atom. The van der Waals surface area contributed by atoms with Crippen LogP contribution in [0.5, 0.6) is 0 Å². The van der Waals surface area contributed by atoms with Crippen LogP contribution < -0.4 is 0 Å². The van der Waals surface area contributed by atoms with Crippen molar-refractivity contribution in [3.8, 4) is 11.4 Å².